The Morgan fingerprint density at radius 3 is 2.40 bits per heavy atom. The van der Waals surface area contributed by atoms with Crippen LogP contribution in [0, 0.1) is 6.92 Å². The predicted molar refractivity (Wildman–Crippen MR) is 63.2 cm³/mol. The first kappa shape index (κ1) is 12.0. The number of pyridine rings is 1. The fourth-order valence-corrected chi connectivity index (χ4v) is 1.71. The Morgan fingerprint density at radius 2 is 2.00 bits per heavy atom. The van der Waals surface area contributed by atoms with Crippen molar-refractivity contribution in [1.82, 2.24) is 4.98 Å². The Labute approximate surface area is 91.8 Å². The molecule has 0 aliphatic carbocycles. The lowest BCUT2D eigenvalue weighted by Crippen LogP contribution is -2.23. The van der Waals surface area contributed by atoms with Gasteiger partial charge in [0.15, 0.2) is 0 Å². The second kappa shape index (κ2) is 5.12. The Hall–Kier alpha value is -1.09. The van der Waals surface area contributed by atoms with Crippen molar-refractivity contribution in [3.63, 3.8) is 0 Å². The van der Waals surface area contributed by atoms with Crippen LogP contribution < -0.4 is 4.90 Å². The smallest absolute Gasteiger partial charge is 0.128 e. The summed E-state index contributed by atoms with van der Waals surface area (Å²) in [7, 11) is 0. The second-order valence-electron chi connectivity index (χ2n) is 3.75. The van der Waals surface area contributed by atoms with Crippen molar-refractivity contribution in [2.24, 2.45) is 0 Å². The Bertz CT molecular complexity index is 319. The van der Waals surface area contributed by atoms with Crippen LogP contribution in [0.4, 0.5) is 5.82 Å². The van der Waals surface area contributed by atoms with Crippen LogP contribution in [0.1, 0.15) is 38.0 Å². The second-order valence-corrected chi connectivity index (χ2v) is 3.75. The summed E-state index contributed by atoms with van der Waals surface area (Å²) < 4.78 is 0. The van der Waals surface area contributed by atoms with E-state index in [1.807, 2.05) is 13.0 Å². The normalized spacial score (nSPS) is 12.6. The van der Waals surface area contributed by atoms with Crippen LogP contribution >= 0.6 is 0 Å². The number of nitrogens with zero attached hydrogens (tertiary/aromatic N) is 2. The van der Waals surface area contributed by atoms with E-state index in [9.17, 15) is 5.11 Å². The first-order valence-corrected chi connectivity index (χ1v) is 5.49. The molecule has 0 fully saturated rings. The molecule has 1 unspecified atom stereocenters. The summed E-state index contributed by atoms with van der Waals surface area (Å²) >= 11 is 0. The number of aromatic nitrogens is 1. The molecular weight excluding hydrogens is 188 g/mol. The zero-order valence-electron chi connectivity index (χ0n) is 9.99. The Balaban J connectivity index is 3.00. The van der Waals surface area contributed by atoms with E-state index in [0.717, 1.165) is 30.0 Å². The van der Waals surface area contributed by atoms with Crippen molar-refractivity contribution in [3.05, 3.63) is 23.4 Å². The highest BCUT2D eigenvalue weighted by Crippen LogP contribution is 2.20. The van der Waals surface area contributed by atoms with Crippen LogP contribution in [0.2, 0.25) is 0 Å². The lowest BCUT2D eigenvalue weighted by Gasteiger charge is -2.21. The van der Waals surface area contributed by atoms with Gasteiger partial charge in [-0.2, -0.15) is 0 Å². The van der Waals surface area contributed by atoms with Gasteiger partial charge in [-0.25, -0.2) is 4.98 Å². The van der Waals surface area contributed by atoms with E-state index >= 15 is 0 Å². The fourth-order valence-electron chi connectivity index (χ4n) is 1.71. The van der Waals surface area contributed by atoms with E-state index in [-0.39, 0.29) is 0 Å². The van der Waals surface area contributed by atoms with E-state index in [0.29, 0.717) is 0 Å². The predicted octanol–water partition coefficient (Wildman–Crippen LogP) is 2.29. The highest BCUT2D eigenvalue weighted by molar-refractivity contribution is 5.43. The molecular formula is C12H20N2O. The maximum Gasteiger partial charge on any atom is 0.128 e. The SMILES string of the molecule is CCN(CC)c1cc(C)c(C(C)O)cn1. The van der Waals surface area contributed by atoms with Gasteiger partial charge in [0.05, 0.1) is 6.10 Å². The zero-order chi connectivity index (χ0) is 11.4. The standard InChI is InChI=1S/C12H20N2O/c1-5-14(6-2)12-7-9(3)11(8-13-12)10(4)15/h7-8,10,15H,5-6H2,1-4H3. The van der Waals surface area contributed by atoms with Crippen molar-refractivity contribution >= 4 is 5.82 Å². The van der Waals surface area contributed by atoms with Gasteiger partial charge in [0, 0.05) is 24.8 Å². The van der Waals surface area contributed by atoms with Gasteiger partial charge < -0.3 is 10.0 Å². The van der Waals surface area contributed by atoms with Crippen LogP contribution in [-0.2, 0) is 0 Å². The molecule has 0 radical (unpaired) electrons. The molecule has 3 heteroatoms. The minimum Gasteiger partial charge on any atom is -0.389 e. The monoisotopic (exact) mass is 208 g/mol. The van der Waals surface area contributed by atoms with Gasteiger partial charge >= 0.3 is 0 Å². The average molecular weight is 208 g/mol. The molecule has 0 aromatic carbocycles. The third kappa shape index (κ3) is 2.69. The molecule has 1 atom stereocenters. The van der Waals surface area contributed by atoms with E-state index in [2.05, 4.69) is 23.7 Å². The van der Waals surface area contributed by atoms with Crippen LogP contribution in [0.25, 0.3) is 0 Å². The van der Waals surface area contributed by atoms with Crippen LogP contribution in [0.3, 0.4) is 0 Å². The summed E-state index contributed by atoms with van der Waals surface area (Å²) in [5.74, 6) is 0.988. The van der Waals surface area contributed by atoms with Crippen LogP contribution in [0.5, 0.6) is 0 Å². The number of hydrogen-bond donors (Lipinski definition) is 1. The largest absolute Gasteiger partial charge is 0.389 e. The van der Waals surface area contributed by atoms with Gasteiger partial charge in [0.2, 0.25) is 0 Å². The molecule has 1 heterocycles. The highest BCUT2D eigenvalue weighted by Gasteiger charge is 2.09. The minimum absolute atomic E-state index is 0.441. The third-order valence-electron chi connectivity index (χ3n) is 2.67. The van der Waals surface area contributed by atoms with E-state index < -0.39 is 6.10 Å². The molecule has 1 aromatic heterocycles. The number of anilines is 1. The third-order valence-corrected chi connectivity index (χ3v) is 2.67. The highest BCUT2D eigenvalue weighted by atomic mass is 16.3. The fraction of sp³-hybridized carbons (Fsp3) is 0.583. The van der Waals surface area contributed by atoms with E-state index in [1.165, 1.54) is 0 Å². The van der Waals surface area contributed by atoms with E-state index in [4.69, 9.17) is 0 Å². The molecule has 1 aromatic rings. The Morgan fingerprint density at radius 1 is 1.40 bits per heavy atom. The summed E-state index contributed by atoms with van der Waals surface area (Å²) in [6.07, 6.45) is 1.33. The van der Waals surface area contributed by atoms with Gasteiger partial charge in [0.1, 0.15) is 5.82 Å². The van der Waals surface area contributed by atoms with Gasteiger partial charge in [-0.3, -0.25) is 0 Å². The summed E-state index contributed by atoms with van der Waals surface area (Å²) in [4.78, 5) is 6.56. The zero-order valence-corrected chi connectivity index (χ0v) is 9.99. The topological polar surface area (TPSA) is 36.4 Å². The van der Waals surface area contributed by atoms with Crippen molar-refractivity contribution < 1.29 is 5.11 Å². The number of aryl methyl sites for hydroxylation is 1. The van der Waals surface area contributed by atoms with Crippen molar-refractivity contribution in [2.75, 3.05) is 18.0 Å². The molecule has 1 N–H and O–H groups in total. The van der Waals surface area contributed by atoms with Crippen LogP contribution in [0.15, 0.2) is 12.3 Å². The number of rotatable bonds is 4. The molecule has 0 spiro atoms. The minimum atomic E-state index is -0.441. The molecule has 15 heavy (non-hydrogen) atoms. The molecule has 0 amide bonds. The maximum absolute atomic E-state index is 9.49. The molecule has 0 saturated heterocycles. The van der Waals surface area contributed by atoms with E-state index in [1.54, 1.807) is 13.1 Å². The van der Waals surface area contributed by atoms with Crippen molar-refractivity contribution in [2.45, 2.75) is 33.8 Å². The lowest BCUT2D eigenvalue weighted by atomic mass is 10.1. The summed E-state index contributed by atoms with van der Waals surface area (Å²) in [5.41, 5.74) is 2.01. The quantitative estimate of drug-likeness (QED) is 0.824. The number of aliphatic hydroxyl groups excluding tert-OH is 1. The molecule has 0 aliphatic rings. The summed E-state index contributed by atoms with van der Waals surface area (Å²) in [5, 5.41) is 9.49. The van der Waals surface area contributed by atoms with Gasteiger partial charge in [-0.15, -0.1) is 0 Å². The van der Waals surface area contributed by atoms with Gasteiger partial charge in [-0.05, 0) is 39.3 Å². The van der Waals surface area contributed by atoms with Crippen molar-refractivity contribution in [1.29, 1.82) is 0 Å². The average Bonchev–Trinajstić information content (AvgIpc) is 2.19. The van der Waals surface area contributed by atoms with Gasteiger partial charge in [-0.1, -0.05) is 0 Å². The summed E-state index contributed by atoms with van der Waals surface area (Å²) in [6, 6.07) is 2.04. The molecule has 1 rings (SSSR count). The first-order valence-electron chi connectivity index (χ1n) is 5.49. The molecule has 0 bridgehead atoms. The Kier molecular flexibility index (Phi) is 4.09. The lowest BCUT2D eigenvalue weighted by molar-refractivity contribution is 0.198. The summed E-state index contributed by atoms with van der Waals surface area (Å²) in [6.45, 7) is 9.91. The van der Waals surface area contributed by atoms with Gasteiger partial charge in [0.25, 0.3) is 0 Å². The molecule has 0 aliphatic heterocycles. The number of hydrogen-bond acceptors (Lipinski definition) is 3. The number of aliphatic hydroxyl groups is 1. The molecule has 84 valence electrons. The van der Waals surface area contributed by atoms with Crippen LogP contribution in [-0.4, -0.2) is 23.2 Å². The molecule has 3 nitrogen and oxygen atoms in total. The molecule has 0 saturated carbocycles. The first-order chi connectivity index (χ1) is 7.10. The van der Waals surface area contributed by atoms with Crippen molar-refractivity contribution in [3.8, 4) is 0 Å². The maximum atomic E-state index is 9.49.